The fourth-order valence-corrected chi connectivity index (χ4v) is 6.03. The lowest BCUT2D eigenvalue weighted by atomic mass is 9.83. The van der Waals surface area contributed by atoms with E-state index in [1.807, 2.05) is 18.2 Å². The predicted molar refractivity (Wildman–Crippen MR) is 141 cm³/mol. The summed E-state index contributed by atoms with van der Waals surface area (Å²) in [6.07, 6.45) is 4.65. The van der Waals surface area contributed by atoms with E-state index >= 15 is 0 Å². The molecule has 0 aromatic heterocycles. The molecule has 6 nitrogen and oxygen atoms in total. The highest BCUT2D eigenvalue weighted by molar-refractivity contribution is 6.30. The summed E-state index contributed by atoms with van der Waals surface area (Å²) in [7, 11) is 1.71. The number of piperazine rings is 1. The first kappa shape index (κ1) is 24.4. The molecule has 7 heteroatoms. The van der Waals surface area contributed by atoms with Crippen molar-refractivity contribution in [2.75, 3.05) is 57.8 Å². The maximum absolute atomic E-state index is 13.5. The number of fused-ring (bicyclic) bond motifs is 3. The largest absolute Gasteiger partial charge is 0.497 e. The number of likely N-dealkylation sites (tertiary alicyclic amines) is 1. The van der Waals surface area contributed by atoms with Crippen LogP contribution < -0.4 is 15.0 Å². The quantitative estimate of drug-likeness (QED) is 0.631. The molecule has 2 atom stereocenters. The maximum atomic E-state index is 13.5. The van der Waals surface area contributed by atoms with Crippen molar-refractivity contribution < 1.29 is 9.53 Å². The fourth-order valence-electron chi connectivity index (χ4n) is 5.91. The summed E-state index contributed by atoms with van der Waals surface area (Å²) in [6.45, 7) is 7.58. The van der Waals surface area contributed by atoms with Crippen molar-refractivity contribution in [3.8, 4) is 5.75 Å². The molecule has 1 amide bonds. The van der Waals surface area contributed by atoms with Gasteiger partial charge in [0, 0.05) is 56.0 Å². The molecule has 0 saturated carbocycles. The van der Waals surface area contributed by atoms with Crippen LogP contribution in [-0.2, 0) is 17.8 Å². The SMILES string of the molecule is COc1ccc2c(c1)N1CCN(Cc3ccc(Cl)cc3)C[C@H]1[C@H](C(=O)NCCN1CCCCC1)C2. The smallest absolute Gasteiger partial charge is 0.225 e. The van der Waals surface area contributed by atoms with E-state index in [-0.39, 0.29) is 17.9 Å². The molecular formula is C28H37ClN4O2. The maximum Gasteiger partial charge on any atom is 0.225 e. The number of benzene rings is 2. The number of hydrogen-bond donors (Lipinski definition) is 1. The average molecular weight is 497 g/mol. The minimum Gasteiger partial charge on any atom is -0.497 e. The van der Waals surface area contributed by atoms with E-state index in [0.29, 0.717) is 0 Å². The van der Waals surface area contributed by atoms with Gasteiger partial charge in [-0.05, 0) is 61.7 Å². The second-order valence-corrected chi connectivity index (χ2v) is 10.6. The van der Waals surface area contributed by atoms with Crippen LogP contribution in [0.1, 0.15) is 30.4 Å². The molecule has 3 heterocycles. The number of piperidine rings is 1. The van der Waals surface area contributed by atoms with Crippen LogP contribution in [0.3, 0.4) is 0 Å². The lowest BCUT2D eigenvalue weighted by molar-refractivity contribution is -0.126. The van der Waals surface area contributed by atoms with Gasteiger partial charge in [0.2, 0.25) is 5.91 Å². The summed E-state index contributed by atoms with van der Waals surface area (Å²) in [5.41, 5.74) is 3.71. The van der Waals surface area contributed by atoms with Gasteiger partial charge in [-0.2, -0.15) is 0 Å². The highest BCUT2D eigenvalue weighted by Gasteiger charge is 2.41. The summed E-state index contributed by atoms with van der Waals surface area (Å²) in [5, 5.41) is 4.05. The summed E-state index contributed by atoms with van der Waals surface area (Å²) in [6, 6.07) is 14.5. The van der Waals surface area contributed by atoms with Crippen molar-refractivity contribution in [1.82, 2.24) is 15.1 Å². The van der Waals surface area contributed by atoms with Crippen molar-refractivity contribution in [3.05, 3.63) is 58.6 Å². The summed E-state index contributed by atoms with van der Waals surface area (Å²) < 4.78 is 5.52. The van der Waals surface area contributed by atoms with Gasteiger partial charge >= 0.3 is 0 Å². The molecule has 2 aromatic rings. The van der Waals surface area contributed by atoms with Crippen molar-refractivity contribution in [2.45, 2.75) is 38.3 Å². The Hall–Kier alpha value is -2.28. The molecule has 3 aliphatic heterocycles. The third-order valence-electron chi connectivity index (χ3n) is 7.84. The lowest BCUT2D eigenvalue weighted by Gasteiger charge is -2.49. The van der Waals surface area contributed by atoms with Gasteiger partial charge < -0.3 is 19.9 Å². The summed E-state index contributed by atoms with van der Waals surface area (Å²) >= 11 is 6.09. The summed E-state index contributed by atoms with van der Waals surface area (Å²) in [4.78, 5) is 20.9. The van der Waals surface area contributed by atoms with E-state index in [1.165, 1.54) is 36.1 Å². The minimum atomic E-state index is -0.0646. The summed E-state index contributed by atoms with van der Waals surface area (Å²) in [5.74, 6) is 0.993. The number of hydrogen-bond acceptors (Lipinski definition) is 5. The van der Waals surface area contributed by atoms with Crippen LogP contribution >= 0.6 is 11.6 Å². The predicted octanol–water partition coefficient (Wildman–Crippen LogP) is 3.81. The number of methoxy groups -OCH3 is 1. The van der Waals surface area contributed by atoms with Gasteiger partial charge in [-0.1, -0.05) is 36.2 Å². The van der Waals surface area contributed by atoms with E-state index in [9.17, 15) is 4.79 Å². The third kappa shape index (κ3) is 5.76. The number of nitrogens with zero attached hydrogens (tertiary/aromatic N) is 3. The van der Waals surface area contributed by atoms with E-state index < -0.39 is 0 Å². The van der Waals surface area contributed by atoms with Crippen molar-refractivity contribution in [3.63, 3.8) is 0 Å². The number of amides is 1. The van der Waals surface area contributed by atoms with Crippen molar-refractivity contribution in [2.24, 2.45) is 5.92 Å². The third-order valence-corrected chi connectivity index (χ3v) is 8.09. The molecule has 0 aliphatic carbocycles. The second kappa shape index (κ2) is 11.2. The first-order valence-electron chi connectivity index (χ1n) is 13.0. The van der Waals surface area contributed by atoms with Crippen molar-refractivity contribution in [1.29, 1.82) is 0 Å². The van der Waals surface area contributed by atoms with Crippen LogP contribution in [-0.4, -0.2) is 74.7 Å². The van der Waals surface area contributed by atoms with Gasteiger partial charge in [-0.25, -0.2) is 0 Å². The number of anilines is 1. The Bertz CT molecular complexity index is 1010. The normalized spacial score (nSPS) is 22.9. The zero-order valence-electron chi connectivity index (χ0n) is 20.7. The van der Waals surface area contributed by atoms with E-state index in [1.54, 1.807) is 7.11 Å². The van der Waals surface area contributed by atoms with Crippen LogP contribution in [0.4, 0.5) is 5.69 Å². The molecule has 0 spiro atoms. The number of ether oxygens (including phenoxy) is 1. The van der Waals surface area contributed by atoms with Crippen LogP contribution in [0, 0.1) is 5.92 Å². The highest BCUT2D eigenvalue weighted by Crippen LogP contribution is 2.38. The molecule has 3 aliphatic rings. The van der Waals surface area contributed by atoms with E-state index in [4.69, 9.17) is 16.3 Å². The lowest BCUT2D eigenvalue weighted by Crippen LogP contribution is -2.61. The fraction of sp³-hybridized carbons (Fsp3) is 0.536. The number of halogens is 1. The highest BCUT2D eigenvalue weighted by atomic mass is 35.5. The number of rotatable bonds is 7. The molecule has 0 unspecified atom stereocenters. The molecule has 2 fully saturated rings. The van der Waals surface area contributed by atoms with Crippen molar-refractivity contribution >= 4 is 23.2 Å². The number of carbonyl (C=O) groups excluding carboxylic acids is 1. The molecule has 35 heavy (non-hydrogen) atoms. The Morgan fingerprint density at radius 3 is 2.60 bits per heavy atom. The Morgan fingerprint density at radius 2 is 1.83 bits per heavy atom. The standard InChI is InChI=1S/C28H37ClN4O2/c1-35-24-10-7-22-17-25(28(34)30-11-14-31-12-3-2-4-13-31)27-20-32(15-16-33(27)26(22)18-24)19-21-5-8-23(29)9-6-21/h5-10,18,25,27H,2-4,11-17,19-20H2,1H3,(H,30,34)/t25-,27+/m1/s1. The Balaban J connectivity index is 1.30. The van der Waals surface area contributed by atoms with Gasteiger partial charge in [-0.15, -0.1) is 0 Å². The van der Waals surface area contributed by atoms with Gasteiger partial charge in [0.05, 0.1) is 19.1 Å². The molecule has 0 bridgehead atoms. The Labute approximate surface area is 214 Å². The zero-order valence-corrected chi connectivity index (χ0v) is 21.5. The first-order valence-corrected chi connectivity index (χ1v) is 13.4. The average Bonchev–Trinajstić information content (AvgIpc) is 2.89. The van der Waals surface area contributed by atoms with Gasteiger partial charge in [0.1, 0.15) is 5.75 Å². The zero-order chi connectivity index (χ0) is 24.2. The van der Waals surface area contributed by atoms with Gasteiger partial charge in [-0.3, -0.25) is 9.69 Å². The first-order chi connectivity index (χ1) is 17.1. The number of nitrogens with one attached hydrogen (secondary N) is 1. The minimum absolute atomic E-state index is 0.0646. The van der Waals surface area contributed by atoms with Gasteiger partial charge in [0.15, 0.2) is 0 Å². The molecule has 1 N–H and O–H groups in total. The van der Waals surface area contributed by atoms with Crippen LogP contribution in [0.25, 0.3) is 0 Å². The molecular weight excluding hydrogens is 460 g/mol. The van der Waals surface area contributed by atoms with Crippen LogP contribution in [0.2, 0.25) is 5.02 Å². The van der Waals surface area contributed by atoms with Crippen LogP contribution in [0.5, 0.6) is 5.75 Å². The molecule has 188 valence electrons. The molecule has 2 saturated heterocycles. The monoisotopic (exact) mass is 496 g/mol. The van der Waals surface area contributed by atoms with E-state index in [2.05, 4.69) is 44.3 Å². The molecule has 5 rings (SSSR count). The van der Waals surface area contributed by atoms with E-state index in [0.717, 1.165) is 69.6 Å². The van der Waals surface area contributed by atoms with Crippen LogP contribution in [0.15, 0.2) is 42.5 Å². The van der Waals surface area contributed by atoms with Gasteiger partial charge in [0.25, 0.3) is 0 Å². The second-order valence-electron chi connectivity index (χ2n) is 10.1. The molecule has 2 aromatic carbocycles. The molecule has 0 radical (unpaired) electrons. The Kier molecular flexibility index (Phi) is 7.81. The topological polar surface area (TPSA) is 48.1 Å². The Morgan fingerprint density at radius 1 is 1.03 bits per heavy atom. The number of carbonyl (C=O) groups is 1.